The zero-order valence-electron chi connectivity index (χ0n) is 10.7. The molecule has 0 aromatic carbocycles. The van der Waals surface area contributed by atoms with E-state index in [4.69, 9.17) is 10.3 Å². The molecule has 1 saturated heterocycles. The van der Waals surface area contributed by atoms with E-state index in [9.17, 15) is 0 Å². The lowest BCUT2D eigenvalue weighted by Gasteiger charge is -2.17. The number of rotatable bonds is 4. The zero-order valence-corrected chi connectivity index (χ0v) is 10.7. The van der Waals surface area contributed by atoms with E-state index in [2.05, 4.69) is 20.0 Å². The average molecular weight is 259 g/mol. The molecule has 0 aliphatic carbocycles. The Balaban J connectivity index is 1.70. The van der Waals surface area contributed by atoms with Crippen LogP contribution in [-0.2, 0) is 0 Å². The van der Waals surface area contributed by atoms with Crippen LogP contribution in [0.2, 0.25) is 0 Å². The van der Waals surface area contributed by atoms with Gasteiger partial charge in [0.05, 0.1) is 11.6 Å². The monoisotopic (exact) mass is 259 g/mol. The average Bonchev–Trinajstić information content (AvgIpc) is 3.10. The van der Waals surface area contributed by atoms with Crippen LogP contribution in [0.25, 0.3) is 11.5 Å². The Hall–Kier alpha value is -1.79. The molecule has 100 valence electrons. The molecule has 0 spiro atoms. The fourth-order valence-corrected chi connectivity index (χ4v) is 2.32. The van der Waals surface area contributed by atoms with Gasteiger partial charge in [0.25, 0.3) is 5.89 Å². The molecule has 2 aromatic rings. The van der Waals surface area contributed by atoms with Gasteiger partial charge in [0.2, 0.25) is 0 Å². The van der Waals surface area contributed by atoms with Crippen LogP contribution in [0.1, 0.15) is 24.7 Å². The van der Waals surface area contributed by atoms with Crippen molar-refractivity contribution in [2.45, 2.75) is 18.9 Å². The van der Waals surface area contributed by atoms with Gasteiger partial charge in [0.15, 0.2) is 5.82 Å². The summed E-state index contributed by atoms with van der Waals surface area (Å²) in [6, 6.07) is 3.52. The molecule has 1 aliphatic heterocycles. The minimum atomic E-state index is -0.202. The highest BCUT2D eigenvalue weighted by Gasteiger charge is 2.20. The predicted molar refractivity (Wildman–Crippen MR) is 70.1 cm³/mol. The largest absolute Gasteiger partial charge is 0.334 e. The third-order valence-electron chi connectivity index (χ3n) is 3.34. The van der Waals surface area contributed by atoms with Crippen LogP contribution in [0, 0.1) is 0 Å². The van der Waals surface area contributed by atoms with Crippen LogP contribution in [0.15, 0.2) is 29.0 Å². The van der Waals surface area contributed by atoms with E-state index in [1.807, 2.05) is 12.1 Å². The summed E-state index contributed by atoms with van der Waals surface area (Å²) in [5.74, 6) is 1.03. The summed E-state index contributed by atoms with van der Waals surface area (Å²) in [4.78, 5) is 10.7. The van der Waals surface area contributed by atoms with Gasteiger partial charge in [-0.2, -0.15) is 4.98 Å². The smallest absolute Gasteiger partial charge is 0.259 e. The second-order valence-electron chi connectivity index (χ2n) is 4.81. The number of hydrogen-bond donors (Lipinski definition) is 1. The molecule has 19 heavy (non-hydrogen) atoms. The lowest BCUT2D eigenvalue weighted by Crippen LogP contribution is -2.30. The van der Waals surface area contributed by atoms with Gasteiger partial charge in [-0.05, 0) is 38.1 Å². The number of aromatic nitrogens is 3. The van der Waals surface area contributed by atoms with Gasteiger partial charge in [0.1, 0.15) is 0 Å². The molecule has 0 amide bonds. The number of nitrogens with two attached hydrogens (primary N) is 1. The molecule has 6 heteroatoms. The summed E-state index contributed by atoms with van der Waals surface area (Å²) in [5.41, 5.74) is 6.94. The maximum Gasteiger partial charge on any atom is 0.259 e. The first-order valence-electron chi connectivity index (χ1n) is 6.55. The van der Waals surface area contributed by atoms with E-state index in [1.165, 1.54) is 12.8 Å². The number of nitrogens with zero attached hydrogens (tertiary/aromatic N) is 4. The molecule has 6 nitrogen and oxygen atoms in total. The van der Waals surface area contributed by atoms with E-state index in [-0.39, 0.29) is 6.04 Å². The Morgan fingerprint density at radius 2 is 2.21 bits per heavy atom. The molecule has 3 rings (SSSR count). The van der Waals surface area contributed by atoms with Gasteiger partial charge in [-0.15, -0.1) is 0 Å². The second-order valence-corrected chi connectivity index (χ2v) is 4.81. The van der Waals surface area contributed by atoms with Crippen LogP contribution in [0.3, 0.4) is 0 Å². The van der Waals surface area contributed by atoms with Crippen molar-refractivity contribution in [3.8, 4) is 11.5 Å². The predicted octanol–water partition coefficient (Wildman–Crippen LogP) is 1.23. The fourth-order valence-electron chi connectivity index (χ4n) is 2.32. The Kier molecular flexibility index (Phi) is 3.52. The molecule has 1 aliphatic rings. The van der Waals surface area contributed by atoms with Gasteiger partial charge in [-0.25, -0.2) is 0 Å². The first kappa shape index (κ1) is 12.3. The molecule has 2 aromatic heterocycles. The highest BCUT2D eigenvalue weighted by Crippen LogP contribution is 2.18. The van der Waals surface area contributed by atoms with Crippen LogP contribution in [0.5, 0.6) is 0 Å². The first-order valence-corrected chi connectivity index (χ1v) is 6.55. The van der Waals surface area contributed by atoms with Crippen molar-refractivity contribution in [3.63, 3.8) is 0 Å². The number of likely N-dealkylation sites (tertiary alicyclic amines) is 1. The van der Waals surface area contributed by atoms with Crippen molar-refractivity contribution < 1.29 is 4.52 Å². The molecule has 3 heterocycles. The van der Waals surface area contributed by atoms with Crippen molar-refractivity contribution in [3.05, 3.63) is 30.4 Å². The summed E-state index contributed by atoms with van der Waals surface area (Å²) in [6.45, 7) is 3.01. The first-order chi connectivity index (χ1) is 9.33. The molecule has 1 unspecified atom stereocenters. The maximum atomic E-state index is 6.12. The van der Waals surface area contributed by atoms with Gasteiger partial charge >= 0.3 is 0 Å². The molecule has 2 N–H and O–H groups in total. The van der Waals surface area contributed by atoms with E-state index in [0.717, 1.165) is 25.2 Å². The quantitative estimate of drug-likeness (QED) is 0.889. The fraction of sp³-hybridized carbons (Fsp3) is 0.462. The van der Waals surface area contributed by atoms with E-state index in [0.29, 0.717) is 11.7 Å². The van der Waals surface area contributed by atoms with Crippen molar-refractivity contribution in [1.29, 1.82) is 0 Å². The Morgan fingerprint density at radius 3 is 2.95 bits per heavy atom. The highest BCUT2D eigenvalue weighted by molar-refractivity contribution is 5.50. The van der Waals surface area contributed by atoms with Crippen LogP contribution in [0.4, 0.5) is 0 Å². The molecule has 1 fully saturated rings. The van der Waals surface area contributed by atoms with Gasteiger partial charge in [-0.3, -0.25) is 4.98 Å². The maximum absolute atomic E-state index is 6.12. The van der Waals surface area contributed by atoms with Gasteiger partial charge in [0, 0.05) is 18.9 Å². The van der Waals surface area contributed by atoms with Crippen molar-refractivity contribution >= 4 is 0 Å². The molecular formula is C13H17N5O. The summed E-state index contributed by atoms with van der Waals surface area (Å²) < 4.78 is 5.24. The minimum Gasteiger partial charge on any atom is -0.334 e. The normalized spacial score (nSPS) is 17.7. The Bertz CT molecular complexity index is 521. The van der Waals surface area contributed by atoms with Crippen molar-refractivity contribution in [2.24, 2.45) is 5.73 Å². The Labute approximate surface area is 111 Å². The summed E-state index contributed by atoms with van der Waals surface area (Å²) in [6.07, 6.45) is 5.91. The van der Waals surface area contributed by atoms with E-state index >= 15 is 0 Å². The van der Waals surface area contributed by atoms with E-state index < -0.39 is 0 Å². The lowest BCUT2D eigenvalue weighted by molar-refractivity contribution is 0.306. The SMILES string of the molecule is NC(CN1CCCC1)c1noc(-c2cccnc2)n1. The third kappa shape index (κ3) is 2.80. The summed E-state index contributed by atoms with van der Waals surface area (Å²) >= 11 is 0. The molecular weight excluding hydrogens is 242 g/mol. The van der Waals surface area contributed by atoms with E-state index in [1.54, 1.807) is 12.4 Å². The highest BCUT2D eigenvalue weighted by atomic mass is 16.5. The standard InChI is InChI=1S/C13H17N5O/c14-11(9-18-6-1-2-7-18)12-16-13(19-17-12)10-4-3-5-15-8-10/h3-5,8,11H,1-2,6-7,9,14H2. The summed E-state index contributed by atoms with van der Waals surface area (Å²) in [7, 11) is 0. The van der Waals surface area contributed by atoms with Crippen LogP contribution < -0.4 is 5.73 Å². The van der Waals surface area contributed by atoms with Crippen LogP contribution >= 0.6 is 0 Å². The molecule has 0 radical (unpaired) electrons. The molecule has 1 atom stereocenters. The van der Waals surface area contributed by atoms with Gasteiger partial charge < -0.3 is 15.2 Å². The second kappa shape index (κ2) is 5.46. The van der Waals surface area contributed by atoms with Crippen molar-refractivity contribution in [2.75, 3.05) is 19.6 Å². The van der Waals surface area contributed by atoms with Crippen molar-refractivity contribution in [1.82, 2.24) is 20.0 Å². The van der Waals surface area contributed by atoms with Crippen LogP contribution in [-0.4, -0.2) is 39.7 Å². The van der Waals surface area contributed by atoms with Gasteiger partial charge in [-0.1, -0.05) is 5.16 Å². The minimum absolute atomic E-state index is 0.202. The molecule has 0 saturated carbocycles. The third-order valence-corrected chi connectivity index (χ3v) is 3.34. The Morgan fingerprint density at radius 1 is 1.37 bits per heavy atom. The number of pyridine rings is 1. The zero-order chi connectivity index (χ0) is 13.1. The lowest BCUT2D eigenvalue weighted by atomic mass is 10.2. The summed E-state index contributed by atoms with van der Waals surface area (Å²) in [5, 5.41) is 3.97. The molecule has 0 bridgehead atoms. The topological polar surface area (TPSA) is 81.1 Å². The number of hydrogen-bond acceptors (Lipinski definition) is 6.